The molecule has 3 nitrogen and oxygen atoms in total. The van der Waals surface area contributed by atoms with Crippen molar-refractivity contribution < 1.29 is 5.11 Å². The van der Waals surface area contributed by atoms with Gasteiger partial charge in [0.2, 0.25) is 0 Å². The fourth-order valence-corrected chi connectivity index (χ4v) is 3.17. The van der Waals surface area contributed by atoms with Gasteiger partial charge in [0.25, 0.3) is 0 Å². The fourth-order valence-electron chi connectivity index (χ4n) is 3.17. The van der Waals surface area contributed by atoms with E-state index in [4.69, 9.17) is 0 Å². The molecule has 0 aliphatic carbocycles. The van der Waals surface area contributed by atoms with Gasteiger partial charge in [0, 0.05) is 17.1 Å². The van der Waals surface area contributed by atoms with Crippen molar-refractivity contribution in [3.63, 3.8) is 0 Å². The molecule has 0 bridgehead atoms. The van der Waals surface area contributed by atoms with Crippen molar-refractivity contribution in [2.75, 3.05) is 20.1 Å². The van der Waals surface area contributed by atoms with Gasteiger partial charge in [-0.3, -0.25) is 0 Å². The van der Waals surface area contributed by atoms with Gasteiger partial charge in [-0.25, -0.2) is 0 Å². The maximum atomic E-state index is 9.37. The Morgan fingerprint density at radius 2 is 2.10 bits per heavy atom. The summed E-state index contributed by atoms with van der Waals surface area (Å²) in [5.74, 6) is 0.658. The third-order valence-corrected chi connectivity index (χ3v) is 4.46. The molecule has 1 aliphatic rings. The van der Waals surface area contributed by atoms with Crippen molar-refractivity contribution in [2.24, 2.45) is 0 Å². The number of benzene rings is 1. The smallest absolute Gasteiger partial charge is 0.0696 e. The van der Waals surface area contributed by atoms with Gasteiger partial charge in [-0.05, 0) is 69.1 Å². The Morgan fingerprint density at radius 3 is 2.81 bits per heavy atom. The average molecular weight is 284 g/mol. The first-order valence-electron chi connectivity index (χ1n) is 7.79. The quantitative estimate of drug-likeness (QED) is 0.907. The molecular formula is C18H24N2O. The van der Waals surface area contributed by atoms with E-state index in [1.54, 1.807) is 6.92 Å². The minimum Gasteiger partial charge on any atom is -0.389 e. The minimum atomic E-state index is -0.403. The Labute approximate surface area is 126 Å². The van der Waals surface area contributed by atoms with E-state index in [-0.39, 0.29) is 0 Å². The number of H-pyrrole nitrogens is 1. The maximum absolute atomic E-state index is 9.37. The Kier molecular flexibility index (Phi) is 4.13. The van der Waals surface area contributed by atoms with Crippen molar-refractivity contribution in [1.29, 1.82) is 0 Å². The Balaban J connectivity index is 1.90. The molecule has 1 fully saturated rings. The lowest BCUT2D eigenvalue weighted by Gasteiger charge is -2.28. The highest BCUT2D eigenvalue weighted by Gasteiger charge is 2.20. The summed E-state index contributed by atoms with van der Waals surface area (Å²) >= 11 is 0. The highest BCUT2D eigenvalue weighted by atomic mass is 16.3. The molecule has 3 rings (SSSR count). The number of aromatic nitrogens is 1. The lowest BCUT2D eigenvalue weighted by atomic mass is 9.89. The summed E-state index contributed by atoms with van der Waals surface area (Å²) in [6, 6.07) is 6.46. The average Bonchev–Trinajstić information content (AvgIpc) is 2.89. The summed E-state index contributed by atoms with van der Waals surface area (Å²) in [6.07, 6.45) is 8.07. The molecule has 0 amide bonds. The van der Waals surface area contributed by atoms with E-state index in [9.17, 15) is 5.11 Å². The van der Waals surface area contributed by atoms with Crippen LogP contribution < -0.4 is 0 Å². The zero-order valence-corrected chi connectivity index (χ0v) is 12.8. The van der Waals surface area contributed by atoms with E-state index < -0.39 is 6.10 Å². The fraction of sp³-hybridized carbons (Fsp3) is 0.444. The zero-order chi connectivity index (χ0) is 14.8. The van der Waals surface area contributed by atoms with Gasteiger partial charge in [-0.15, -0.1) is 0 Å². The van der Waals surface area contributed by atoms with Gasteiger partial charge < -0.3 is 15.0 Å². The molecule has 1 saturated heterocycles. The van der Waals surface area contributed by atoms with Crippen LogP contribution in [0.4, 0.5) is 0 Å². The predicted octanol–water partition coefficient (Wildman–Crippen LogP) is 3.37. The molecule has 1 aliphatic heterocycles. The second-order valence-electron chi connectivity index (χ2n) is 6.23. The molecule has 1 atom stereocenters. The van der Waals surface area contributed by atoms with Crippen molar-refractivity contribution in [1.82, 2.24) is 9.88 Å². The summed E-state index contributed by atoms with van der Waals surface area (Å²) < 4.78 is 0. The number of likely N-dealkylation sites (tertiary alicyclic amines) is 1. The molecule has 1 aromatic carbocycles. The van der Waals surface area contributed by atoms with Crippen molar-refractivity contribution in [2.45, 2.75) is 31.8 Å². The summed E-state index contributed by atoms with van der Waals surface area (Å²) in [4.78, 5) is 5.81. The van der Waals surface area contributed by atoms with Crippen LogP contribution in [0.2, 0.25) is 0 Å². The minimum absolute atomic E-state index is 0.403. The second kappa shape index (κ2) is 6.04. The number of hydrogen-bond acceptors (Lipinski definition) is 2. The van der Waals surface area contributed by atoms with E-state index in [2.05, 4.69) is 41.3 Å². The number of aromatic amines is 1. The first-order valence-corrected chi connectivity index (χ1v) is 7.79. The largest absolute Gasteiger partial charge is 0.389 e. The van der Waals surface area contributed by atoms with Gasteiger partial charge in [-0.2, -0.15) is 0 Å². The van der Waals surface area contributed by atoms with Crippen LogP contribution in [0.5, 0.6) is 0 Å². The third-order valence-electron chi connectivity index (χ3n) is 4.46. The molecule has 0 saturated carbocycles. The van der Waals surface area contributed by atoms with Gasteiger partial charge in [0.1, 0.15) is 0 Å². The molecule has 3 heteroatoms. The molecular weight excluding hydrogens is 260 g/mol. The predicted molar refractivity (Wildman–Crippen MR) is 88.5 cm³/mol. The molecule has 0 radical (unpaired) electrons. The second-order valence-corrected chi connectivity index (χ2v) is 6.23. The summed E-state index contributed by atoms with van der Waals surface area (Å²) in [5.41, 5.74) is 3.81. The van der Waals surface area contributed by atoms with Crippen LogP contribution >= 0.6 is 0 Å². The highest BCUT2D eigenvalue weighted by Crippen LogP contribution is 2.33. The molecule has 1 aromatic heterocycles. The van der Waals surface area contributed by atoms with Crippen LogP contribution in [0.3, 0.4) is 0 Å². The molecule has 2 N–H and O–H groups in total. The van der Waals surface area contributed by atoms with Gasteiger partial charge in [0.15, 0.2) is 0 Å². The van der Waals surface area contributed by atoms with E-state index in [0.717, 1.165) is 5.56 Å². The summed E-state index contributed by atoms with van der Waals surface area (Å²) in [5, 5.41) is 10.7. The Hall–Kier alpha value is -1.58. The molecule has 2 aromatic rings. The van der Waals surface area contributed by atoms with Crippen molar-refractivity contribution in [3.8, 4) is 0 Å². The molecule has 1 unspecified atom stereocenters. The first kappa shape index (κ1) is 14.4. The zero-order valence-electron chi connectivity index (χ0n) is 12.8. The van der Waals surface area contributed by atoms with E-state index in [0.29, 0.717) is 5.92 Å². The Morgan fingerprint density at radius 1 is 1.33 bits per heavy atom. The van der Waals surface area contributed by atoms with Crippen LogP contribution in [0.25, 0.3) is 17.0 Å². The van der Waals surface area contributed by atoms with Gasteiger partial charge in [-0.1, -0.05) is 18.2 Å². The Bertz CT molecular complexity index is 634. The number of fused-ring (bicyclic) bond motifs is 1. The van der Waals surface area contributed by atoms with Crippen LogP contribution in [0, 0.1) is 0 Å². The van der Waals surface area contributed by atoms with E-state index in [1.807, 2.05) is 12.2 Å². The number of piperidine rings is 1. The van der Waals surface area contributed by atoms with E-state index >= 15 is 0 Å². The number of hydrogen-bond donors (Lipinski definition) is 2. The number of aliphatic hydroxyl groups is 1. The topological polar surface area (TPSA) is 39.3 Å². The number of nitrogens with one attached hydrogen (secondary N) is 1. The number of aliphatic hydroxyl groups excluding tert-OH is 1. The van der Waals surface area contributed by atoms with Crippen LogP contribution in [-0.2, 0) is 0 Å². The highest BCUT2D eigenvalue weighted by molar-refractivity contribution is 5.86. The van der Waals surface area contributed by atoms with E-state index in [1.165, 1.54) is 42.4 Å². The van der Waals surface area contributed by atoms with Crippen LogP contribution in [0.1, 0.15) is 36.8 Å². The SMILES string of the molecule is CC(O)C=Cc1ccc2[nH]cc(C3CCN(C)CC3)c2c1. The lowest BCUT2D eigenvalue weighted by molar-refractivity contribution is 0.245. The van der Waals surface area contributed by atoms with Crippen molar-refractivity contribution in [3.05, 3.63) is 41.6 Å². The third kappa shape index (κ3) is 3.20. The normalized spacial score (nSPS) is 19.6. The standard InChI is InChI=1S/C18H24N2O/c1-13(21)3-4-14-5-6-18-16(11-14)17(12-19-18)15-7-9-20(2)10-8-15/h3-6,11-13,15,19,21H,7-10H2,1-2H3. The monoisotopic (exact) mass is 284 g/mol. The number of nitrogens with zero attached hydrogens (tertiary/aromatic N) is 1. The first-order chi connectivity index (χ1) is 10.1. The van der Waals surface area contributed by atoms with Crippen molar-refractivity contribution >= 4 is 17.0 Å². The lowest BCUT2D eigenvalue weighted by Crippen LogP contribution is -2.29. The van der Waals surface area contributed by atoms with Crippen LogP contribution in [0.15, 0.2) is 30.5 Å². The summed E-state index contributed by atoms with van der Waals surface area (Å²) in [7, 11) is 2.20. The summed E-state index contributed by atoms with van der Waals surface area (Å²) in [6.45, 7) is 4.13. The number of rotatable bonds is 3. The van der Waals surface area contributed by atoms with Crippen LogP contribution in [-0.4, -0.2) is 41.2 Å². The molecule has 2 heterocycles. The maximum Gasteiger partial charge on any atom is 0.0696 e. The molecule has 0 spiro atoms. The van der Waals surface area contributed by atoms with Gasteiger partial charge in [0.05, 0.1) is 6.10 Å². The van der Waals surface area contributed by atoms with Gasteiger partial charge >= 0.3 is 0 Å². The molecule has 21 heavy (non-hydrogen) atoms. The molecule has 112 valence electrons.